The molecule has 0 spiro atoms. The summed E-state index contributed by atoms with van der Waals surface area (Å²) in [6.45, 7) is 2.93. The summed E-state index contributed by atoms with van der Waals surface area (Å²) < 4.78 is 1.25. The molecule has 3 nitrogen and oxygen atoms in total. The fraction of sp³-hybridized carbons (Fsp3) is 0.273. The number of hydrogen-bond donors (Lipinski definition) is 1. The van der Waals surface area contributed by atoms with Gasteiger partial charge in [-0.1, -0.05) is 29.6 Å². The van der Waals surface area contributed by atoms with Crippen molar-refractivity contribution in [3.8, 4) is 0 Å². The van der Waals surface area contributed by atoms with Gasteiger partial charge in [0.25, 0.3) is 0 Å². The van der Waals surface area contributed by atoms with Crippen molar-refractivity contribution >= 4 is 40.7 Å². The van der Waals surface area contributed by atoms with Crippen molar-refractivity contribution < 1.29 is 0 Å². The molecule has 0 amide bonds. The van der Waals surface area contributed by atoms with E-state index in [-0.39, 0.29) is 0 Å². The van der Waals surface area contributed by atoms with Crippen LogP contribution in [0.1, 0.15) is 6.92 Å². The molecule has 2 aromatic rings. The van der Waals surface area contributed by atoms with Gasteiger partial charge in [0.15, 0.2) is 5.16 Å². The summed E-state index contributed by atoms with van der Waals surface area (Å²) in [7, 11) is 0. The highest BCUT2D eigenvalue weighted by molar-refractivity contribution is 8.01. The molecular formula is C11H13N3S3. The van der Waals surface area contributed by atoms with Crippen LogP contribution in [-0.4, -0.2) is 22.8 Å². The monoisotopic (exact) mass is 283 g/mol. The maximum atomic E-state index is 4.49. The van der Waals surface area contributed by atoms with Gasteiger partial charge in [0.05, 0.1) is 4.21 Å². The topological polar surface area (TPSA) is 37.8 Å². The fourth-order valence-electron chi connectivity index (χ4n) is 1.24. The first-order valence-corrected chi connectivity index (χ1v) is 8.12. The van der Waals surface area contributed by atoms with E-state index in [0.29, 0.717) is 0 Å². The normalized spacial score (nSPS) is 10.5. The van der Waals surface area contributed by atoms with E-state index in [1.165, 1.54) is 4.21 Å². The number of rotatable bonds is 5. The molecule has 0 aliphatic heterocycles. The van der Waals surface area contributed by atoms with E-state index in [9.17, 15) is 0 Å². The first kappa shape index (κ1) is 12.7. The molecule has 6 heteroatoms. The second-order valence-electron chi connectivity index (χ2n) is 3.14. The smallest absolute Gasteiger partial charge is 0.190 e. The maximum Gasteiger partial charge on any atom is 0.190 e. The molecule has 0 saturated heterocycles. The van der Waals surface area contributed by atoms with Crippen LogP contribution in [0.5, 0.6) is 0 Å². The molecule has 1 N–H and O–H groups in total. The van der Waals surface area contributed by atoms with Crippen molar-refractivity contribution in [2.24, 2.45) is 0 Å². The fourth-order valence-corrected chi connectivity index (χ4v) is 3.40. The zero-order chi connectivity index (χ0) is 12.1. The molecule has 0 bridgehead atoms. The summed E-state index contributed by atoms with van der Waals surface area (Å²) in [6.07, 6.45) is 1.99. The molecule has 2 heterocycles. The Hall–Kier alpha value is -0.720. The lowest BCUT2D eigenvalue weighted by atomic mass is 10.5. The Bertz CT molecular complexity index is 471. The summed E-state index contributed by atoms with van der Waals surface area (Å²) in [5, 5.41) is 7.10. The minimum atomic E-state index is 0.808. The van der Waals surface area contributed by atoms with E-state index in [1.54, 1.807) is 34.9 Å². The predicted molar refractivity (Wildman–Crippen MR) is 76.4 cm³/mol. The number of aromatic nitrogens is 2. The lowest BCUT2D eigenvalue weighted by molar-refractivity contribution is 0.892. The Balaban J connectivity index is 2.23. The van der Waals surface area contributed by atoms with Gasteiger partial charge in [0.2, 0.25) is 0 Å². The Morgan fingerprint density at radius 1 is 1.41 bits per heavy atom. The standard InChI is InChI=1S/C11H13N3S3/c1-3-12-8-7-9(14-11(13-8)15-2)17-10-5-4-6-16-10/h4-7H,3H2,1-2H3,(H,12,13,14). The third kappa shape index (κ3) is 3.62. The van der Waals surface area contributed by atoms with Gasteiger partial charge in [-0.25, -0.2) is 9.97 Å². The van der Waals surface area contributed by atoms with Crippen LogP contribution in [-0.2, 0) is 0 Å². The predicted octanol–water partition coefficient (Wildman–Crippen LogP) is 3.84. The van der Waals surface area contributed by atoms with E-state index in [1.807, 2.05) is 12.3 Å². The SMILES string of the molecule is CCNc1cc(Sc2cccs2)nc(SC)n1. The second kappa shape index (κ2) is 6.28. The van der Waals surface area contributed by atoms with Crippen molar-refractivity contribution in [2.75, 3.05) is 18.1 Å². The Labute approximate surface area is 113 Å². The van der Waals surface area contributed by atoms with Crippen LogP contribution in [0.15, 0.2) is 38.0 Å². The molecule has 17 heavy (non-hydrogen) atoms. The molecule has 2 rings (SSSR count). The second-order valence-corrected chi connectivity index (χ2v) is 6.18. The Kier molecular flexibility index (Phi) is 4.70. The first-order valence-electron chi connectivity index (χ1n) is 5.20. The average Bonchev–Trinajstić information content (AvgIpc) is 2.82. The molecular weight excluding hydrogens is 270 g/mol. The third-order valence-corrected chi connectivity index (χ3v) is 4.43. The zero-order valence-corrected chi connectivity index (χ0v) is 12.1. The van der Waals surface area contributed by atoms with Crippen molar-refractivity contribution in [1.82, 2.24) is 9.97 Å². The van der Waals surface area contributed by atoms with Gasteiger partial charge >= 0.3 is 0 Å². The molecule has 0 saturated carbocycles. The van der Waals surface area contributed by atoms with Gasteiger partial charge in [-0.05, 0) is 24.6 Å². The highest BCUT2D eigenvalue weighted by Gasteiger charge is 2.05. The lowest BCUT2D eigenvalue weighted by Crippen LogP contribution is -2.01. The maximum absolute atomic E-state index is 4.49. The summed E-state index contributed by atoms with van der Waals surface area (Å²) in [6, 6.07) is 6.14. The van der Waals surface area contributed by atoms with E-state index in [2.05, 4.69) is 39.7 Å². The Morgan fingerprint density at radius 3 is 2.94 bits per heavy atom. The van der Waals surface area contributed by atoms with Gasteiger partial charge in [-0.2, -0.15) is 0 Å². The van der Waals surface area contributed by atoms with Crippen molar-refractivity contribution in [3.63, 3.8) is 0 Å². The third-order valence-electron chi connectivity index (χ3n) is 1.92. The number of hydrogen-bond acceptors (Lipinski definition) is 6. The molecule has 0 unspecified atom stereocenters. The molecule has 0 aliphatic carbocycles. The molecule has 90 valence electrons. The minimum Gasteiger partial charge on any atom is -0.370 e. The van der Waals surface area contributed by atoms with Gasteiger partial charge in [0.1, 0.15) is 10.8 Å². The number of nitrogens with one attached hydrogen (secondary N) is 1. The van der Waals surface area contributed by atoms with Crippen LogP contribution in [0, 0.1) is 0 Å². The van der Waals surface area contributed by atoms with Gasteiger partial charge < -0.3 is 5.32 Å². The largest absolute Gasteiger partial charge is 0.370 e. The Morgan fingerprint density at radius 2 is 2.29 bits per heavy atom. The van der Waals surface area contributed by atoms with Crippen LogP contribution < -0.4 is 5.32 Å². The number of thioether (sulfide) groups is 1. The number of thiophene rings is 1. The van der Waals surface area contributed by atoms with Crippen molar-refractivity contribution in [2.45, 2.75) is 21.3 Å². The van der Waals surface area contributed by atoms with Crippen LogP contribution in [0.4, 0.5) is 5.82 Å². The molecule has 0 fully saturated rings. The van der Waals surface area contributed by atoms with E-state index >= 15 is 0 Å². The van der Waals surface area contributed by atoms with Gasteiger partial charge in [-0.15, -0.1) is 11.3 Å². The van der Waals surface area contributed by atoms with Gasteiger partial charge in [-0.3, -0.25) is 0 Å². The molecule has 0 radical (unpaired) electrons. The number of nitrogens with zero attached hydrogens (tertiary/aromatic N) is 2. The summed E-state index contributed by atoms with van der Waals surface area (Å²) in [5.74, 6) is 0.894. The summed E-state index contributed by atoms with van der Waals surface area (Å²) >= 11 is 4.97. The molecule has 2 aromatic heterocycles. The quantitative estimate of drug-likeness (QED) is 0.512. The number of anilines is 1. The molecule has 0 atom stereocenters. The molecule has 0 aromatic carbocycles. The lowest BCUT2D eigenvalue weighted by Gasteiger charge is -2.06. The summed E-state index contributed by atoms with van der Waals surface area (Å²) in [5.41, 5.74) is 0. The summed E-state index contributed by atoms with van der Waals surface area (Å²) in [4.78, 5) is 8.89. The minimum absolute atomic E-state index is 0.808. The first-order chi connectivity index (χ1) is 8.31. The highest BCUT2D eigenvalue weighted by Crippen LogP contribution is 2.31. The van der Waals surface area contributed by atoms with Crippen LogP contribution in [0.25, 0.3) is 0 Å². The highest BCUT2D eigenvalue weighted by atomic mass is 32.2. The molecule has 0 aliphatic rings. The van der Waals surface area contributed by atoms with Crippen LogP contribution in [0.3, 0.4) is 0 Å². The average molecular weight is 283 g/mol. The van der Waals surface area contributed by atoms with E-state index < -0.39 is 0 Å². The van der Waals surface area contributed by atoms with E-state index in [0.717, 1.165) is 22.5 Å². The van der Waals surface area contributed by atoms with Crippen molar-refractivity contribution in [1.29, 1.82) is 0 Å². The van der Waals surface area contributed by atoms with Crippen LogP contribution in [0.2, 0.25) is 0 Å². The van der Waals surface area contributed by atoms with Crippen LogP contribution >= 0.6 is 34.9 Å². The van der Waals surface area contributed by atoms with E-state index in [4.69, 9.17) is 0 Å². The van der Waals surface area contributed by atoms with Gasteiger partial charge in [0, 0.05) is 12.6 Å². The van der Waals surface area contributed by atoms with Crippen molar-refractivity contribution in [3.05, 3.63) is 23.6 Å². The zero-order valence-electron chi connectivity index (χ0n) is 9.64.